The average Bonchev–Trinajstić information content (AvgIpc) is 1.97. The number of nitrogens with one attached hydrogen (secondary N) is 1. The molecule has 1 N–H and O–H groups in total. The van der Waals surface area contributed by atoms with Crippen LogP contribution in [0.15, 0.2) is 0 Å². The topological polar surface area (TPSA) is 12.0 Å². The van der Waals surface area contributed by atoms with Gasteiger partial charge in [-0.3, -0.25) is 0 Å². The van der Waals surface area contributed by atoms with Crippen LogP contribution in [0.2, 0.25) is 0 Å². The first-order valence-electron chi connectivity index (χ1n) is 3.67. The van der Waals surface area contributed by atoms with Crippen LogP contribution < -0.4 is 5.32 Å². The second-order valence-electron chi connectivity index (χ2n) is 2.48. The van der Waals surface area contributed by atoms with Gasteiger partial charge in [0.15, 0.2) is 0 Å². The number of rotatable bonds is 6. The fraction of sp³-hybridized carbons (Fsp3) is 1.00. The van der Waals surface area contributed by atoms with Gasteiger partial charge in [0.25, 0.3) is 6.43 Å². The van der Waals surface area contributed by atoms with Gasteiger partial charge in [-0.05, 0) is 25.4 Å². The minimum absolute atomic E-state index is 0.185. The molecular weight excluding hydrogens is 168 g/mol. The summed E-state index contributed by atoms with van der Waals surface area (Å²) in [6.07, 6.45) is 0.736. The van der Waals surface area contributed by atoms with Crippen molar-refractivity contribution in [2.24, 2.45) is 0 Å². The van der Waals surface area contributed by atoms with Gasteiger partial charge in [-0.2, -0.15) is 11.8 Å². The molecule has 0 spiro atoms. The van der Waals surface area contributed by atoms with Gasteiger partial charge >= 0.3 is 0 Å². The van der Waals surface area contributed by atoms with Crippen molar-refractivity contribution in [2.75, 3.05) is 18.6 Å². The summed E-state index contributed by atoms with van der Waals surface area (Å²) in [5.41, 5.74) is 0. The Hall–Kier alpha value is 0.170. The van der Waals surface area contributed by atoms with Crippen LogP contribution in [0.5, 0.6) is 0 Å². The largest absolute Gasteiger partial charge is 0.309 e. The van der Waals surface area contributed by atoms with E-state index in [4.69, 9.17) is 0 Å². The molecule has 1 unspecified atom stereocenters. The highest BCUT2D eigenvalue weighted by molar-refractivity contribution is 7.98. The Morgan fingerprint density at radius 2 is 2.09 bits per heavy atom. The highest BCUT2D eigenvalue weighted by Gasteiger charge is 2.05. The van der Waals surface area contributed by atoms with Crippen molar-refractivity contribution in [3.63, 3.8) is 0 Å². The van der Waals surface area contributed by atoms with Crippen molar-refractivity contribution in [1.82, 2.24) is 5.32 Å². The Kier molecular flexibility index (Phi) is 6.96. The SMILES string of the molecule is CSCCC(C)NCC(F)F. The van der Waals surface area contributed by atoms with E-state index in [-0.39, 0.29) is 12.6 Å². The van der Waals surface area contributed by atoms with Gasteiger partial charge in [-0.25, -0.2) is 8.78 Å². The van der Waals surface area contributed by atoms with Crippen molar-refractivity contribution in [1.29, 1.82) is 0 Å². The fourth-order valence-corrected chi connectivity index (χ4v) is 1.28. The summed E-state index contributed by atoms with van der Waals surface area (Å²) in [5.74, 6) is 1.03. The molecule has 0 rings (SSSR count). The van der Waals surface area contributed by atoms with Crippen molar-refractivity contribution in [3.05, 3.63) is 0 Å². The molecule has 0 aliphatic heterocycles. The van der Waals surface area contributed by atoms with E-state index in [1.807, 2.05) is 13.2 Å². The predicted molar refractivity (Wildman–Crippen MR) is 46.5 cm³/mol. The lowest BCUT2D eigenvalue weighted by Crippen LogP contribution is -2.30. The van der Waals surface area contributed by atoms with Crippen LogP contribution >= 0.6 is 11.8 Å². The van der Waals surface area contributed by atoms with E-state index in [1.54, 1.807) is 11.8 Å². The number of halogens is 2. The molecule has 0 amide bonds. The second-order valence-corrected chi connectivity index (χ2v) is 3.47. The lowest BCUT2D eigenvalue weighted by molar-refractivity contribution is 0.142. The Bertz CT molecular complexity index is 90.5. The van der Waals surface area contributed by atoms with Gasteiger partial charge in [-0.1, -0.05) is 0 Å². The summed E-state index contributed by atoms with van der Waals surface area (Å²) in [7, 11) is 0. The van der Waals surface area contributed by atoms with Crippen molar-refractivity contribution >= 4 is 11.8 Å². The minimum Gasteiger partial charge on any atom is -0.309 e. The highest BCUT2D eigenvalue weighted by atomic mass is 32.2. The van der Waals surface area contributed by atoms with Gasteiger partial charge in [0.1, 0.15) is 0 Å². The first-order chi connectivity index (χ1) is 5.16. The van der Waals surface area contributed by atoms with Gasteiger partial charge in [0.2, 0.25) is 0 Å². The third-order valence-electron chi connectivity index (χ3n) is 1.38. The van der Waals surface area contributed by atoms with Crippen LogP contribution in [0.25, 0.3) is 0 Å². The van der Waals surface area contributed by atoms with Crippen LogP contribution in [0.3, 0.4) is 0 Å². The number of thioether (sulfide) groups is 1. The molecule has 0 fully saturated rings. The summed E-state index contributed by atoms with van der Waals surface area (Å²) in [5, 5.41) is 2.75. The molecule has 0 heterocycles. The standard InChI is InChI=1S/C7H15F2NS/c1-6(3-4-11-2)10-5-7(8)9/h6-7,10H,3-5H2,1-2H3. The number of hydrogen-bond acceptors (Lipinski definition) is 2. The third-order valence-corrected chi connectivity index (χ3v) is 2.02. The van der Waals surface area contributed by atoms with Crippen molar-refractivity contribution in [3.8, 4) is 0 Å². The van der Waals surface area contributed by atoms with Crippen molar-refractivity contribution < 1.29 is 8.78 Å². The lowest BCUT2D eigenvalue weighted by atomic mass is 10.2. The van der Waals surface area contributed by atoms with E-state index in [2.05, 4.69) is 5.32 Å². The highest BCUT2D eigenvalue weighted by Crippen LogP contribution is 2.00. The first kappa shape index (κ1) is 11.2. The maximum Gasteiger partial charge on any atom is 0.250 e. The molecule has 1 atom stereocenters. The molecule has 4 heteroatoms. The van der Waals surface area contributed by atoms with E-state index in [0.29, 0.717) is 0 Å². The van der Waals surface area contributed by atoms with Gasteiger partial charge in [-0.15, -0.1) is 0 Å². The molecule has 0 aromatic carbocycles. The normalized spacial score (nSPS) is 13.9. The van der Waals surface area contributed by atoms with Gasteiger partial charge < -0.3 is 5.32 Å². The summed E-state index contributed by atoms with van der Waals surface area (Å²) < 4.78 is 23.3. The van der Waals surface area contributed by atoms with Crippen LogP contribution in [-0.2, 0) is 0 Å². The predicted octanol–water partition coefficient (Wildman–Crippen LogP) is 1.98. The zero-order valence-electron chi connectivity index (χ0n) is 6.94. The lowest BCUT2D eigenvalue weighted by Gasteiger charge is -2.11. The molecule has 11 heavy (non-hydrogen) atoms. The Morgan fingerprint density at radius 3 is 2.55 bits per heavy atom. The van der Waals surface area contributed by atoms with E-state index in [1.165, 1.54) is 0 Å². The molecule has 0 saturated carbocycles. The molecule has 0 bridgehead atoms. The van der Waals surface area contributed by atoms with Crippen LogP contribution in [0.4, 0.5) is 8.78 Å². The Balaban J connectivity index is 3.15. The molecule has 0 aromatic rings. The van der Waals surface area contributed by atoms with E-state index in [9.17, 15) is 8.78 Å². The monoisotopic (exact) mass is 183 g/mol. The number of alkyl halides is 2. The van der Waals surface area contributed by atoms with Crippen LogP contribution in [-0.4, -0.2) is 31.0 Å². The first-order valence-corrected chi connectivity index (χ1v) is 5.06. The summed E-state index contributed by atoms with van der Waals surface area (Å²) in [6.45, 7) is 1.74. The molecule has 0 aliphatic carbocycles. The maximum atomic E-state index is 11.6. The summed E-state index contributed by atoms with van der Waals surface area (Å²) in [4.78, 5) is 0. The second kappa shape index (κ2) is 6.85. The third kappa shape index (κ3) is 8.07. The average molecular weight is 183 g/mol. The molecule has 0 saturated heterocycles. The molecule has 0 radical (unpaired) electrons. The molecule has 1 nitrogen and oxygen atoms in total. The summed E-state index contributed by atoms with van der Waals surface area (Å²) in [6, 6.07) is 0.205. The Labute approximate surface area is 70.9 Å². The van der Waals surface area contributed by atoms with Gasteiger partial charge in [0.05, 0.1) is 6.54 Å². The molecular formula is C7H15F2NS. The van der Waals surface area contributed by atoms with Crippen LogP contribution in [0, 0.1) is 0 Å². The Morgan fingerprint density at radius 1 is 1.45 bits per heavy atom. The quantitative estimate of drug-likeness (QED) is 0.675. The zero-order valence-corrected chi connectivity index (χ0v) is 7.76. The summed E-state index contributed by atoms with van der Waals surface area (Å²) >= 11 is 1.74. The zero-order chi connectivity index (χ0) is 8.69. The van der Waals surface area contributed by atoms with Crippen LogP contribution in [0.1, 0.15) is 13.3 Å². The van der Waals surface area contributed by atoms with Gasteiger partial charge in [0, 0.05) is 6.04 Å². The minimum atomic E-state index is -2.23. The maximum absolute atomic E-state index is 11.6. The van der Waals surface area contributed by atoms with E-state index < -0.39 is 6.43 Å². The smallest absolute Gasteiger partial charge is 0.250 e. The molecule has 0 aliphatic rings. The number of hydrogen-bond donors (Lipinski definition) is 1. The fourth-order valence-electron chi connectivity index (χ4n) is 0.687. The molecule has 68 valence electrons. The van der Waals surface area contributed by atoms with Crippen molar-refractivity contribution in [2.45, 2.75) is 25.8 Å². The van der Waals surface area contributed by atoms with E-state index in [0.717, 1.165) is 12.2 Å². The molecule has 0 aromatic heterocycles. The van der Waals surface area contributed by atoms with E-state index >= 15 is 0 Å².